The molecule has 0 amide bonds. The van der Waals surface area contributed by atoms with Crippen LogP contribution in [-0.2, 0) is 0 Å². The van der Waals surface area contributed by atoms with Crippen LogP contribution in [-0.4, -0.2) is 14.7 Å². The Morgan fingerprint density at radius 3 is 2.80 bits per heavy atom. The summed E-state index contributed by atoms with van der Waals surface area (Å²) in [5.41, 5.74) is 2.02. The summed E-state index contributed by atoms with van der Waals surface area (Å²) in [4.78, 5) is 4.13. The molecule has 3 nitrogen and oxygen atoms in total. The van der Waals surface area contributed by atoms with Gasteiger partial charge in [0.25, 0.3) is 0 Å². The van der Waals surface area contributed by atoms with Gasteiger partial charge in [-0.2, -0.15) is 0 Å². The van der Waals surface area contributed by atoms with Crippen LogP contribution in [0, 0.1) is 0 Å². The molecule has 0 fully saturated rings. The quantitative estimate of drug-likeness (QED) is 0.813. The van der Waals surface area contributed by atoms with Gasteiger partial charge < -0.3 is 9.67 Å². The van der Waals surface area contributed by atoms with Crippen molar-refractivity contribution in [1.82, 2.24) is 9.55 Å². The molecular weight excluding hydrogens is 188 g/mol. The van der Waals surface area contributed by atoms with E-state index in [2.05, 4.69) is 23.4 Å². The van der Waals surface area contributed by atoms with Crippen LogP contribution in [0.4, 0.5) is 0 Å². The van der Waals surface area contributed by atoms with E-state index in [4.69, 9.17) is 0 Å². The fourth-order valence-electron chi connectivity index (χ4n) is 1.60. The monoisotopic (exact) mass is 202 g/mol. The molecule has 1 aromatic carbocycles. The zero-order valence-electron chi connectivity index (χ0n) is 8.88. The van der Waals surface area contributed by atoms with Crippen molar-refractivity contribution in [3.05, 3.63) is 36.8 Å². The van der Waals surface area contributed by atoms with Gasteiger partial charge in [-0.3, -0.25) is 0 Å². The lowest BCUT2D eigenvalue weighted by Gasteiger charge is -2.11. The first kappa shape index (κ1) is 9.77. The van der Waals surface area contributed by atoms with E-state index in [1.54, 1.807) is 12.1 Å². The largest absolute Gasteiger partial charge is 0.508 e. The molecule has 0 bridgehead atoms. The van der Waals surface area contributed by atoms with Gasteiger partial charge in [0.15, 0.2) is 0 Å². The Morgan fingerprint density at radius 2 is 2.13 bits per heavy atom. The number of imidazole rings is 1. The van der Waals surface area contributed by atoms with E-state index in [-0.39, 0.29) is 5.75 Å². The van der Waals surface area contributed by atoms with Gasteiger partial charge in [0, 0.05) is 11.6 Å². The zero-order valence-corrected chi connectivity index (χ0v) is 8.88. The smallest absolute Gasteiger partial charge is 0.116 e. The molecule has 2 aromatic rings. The van der Waals surface area contributed by atoms with Crippen LogP contribution in [0.15, 0.2) is 36.8 Å². The molecule has 0 radical (unpaired) electrons. The highest BCUT2D eigenvalue weighted by Crippen LogP contribution is 2.24. The zero-order chi connectivity index (χ0) is 10.8. The molecule has 1 aromatic heterocycles. The number of rotatable bonds is 2. The van der Waals surface area contributed by atoms with E-state index in [0.29, 0.717) is 6.04 Å². The van der Waals surface area contributed by atoms with Crippen LogP contribution < -0.4 is 0 Å². The van der Waals surface area contributed by atoms with Gasteiger partial charge in [-0.05, 0) is 26.0 Å². The van der Waals surface area contributed by atoms with Crippen molar-refractivity contribution in [2.75, 3.05) is 0 Å². The fraction of sp³-hybridized carbons (Fsp3) is 0.250. The van der Waals surface area contributed by atoms with E-state index in [9.17, 15) is 5.11 Å². The molecule has 0 saturated carbocycles. The van der Waals surface area contributed by atoms with E-state index in [1.165, 1.54) is 0 Å². The van der Waals surface area contributed by atoms with E-state index in [0.717, 1.165) is 11.3 Å². The van der Waals surface area contributed by atoms with Gasteiger partial charge in [0.05, 0.1) is 18.2 Å². The minimum Gasteiger partial charge on any atom is -0.508 e. The maximum absolute atomic E-state index is 9.41. The first-order valence-electron chi connectivity index (χ1n) is 4.99. The molecular formula is C12H14N2O. The molecule has 0 aliphatic rings. The molecule has 1 heterocycles. The third-order valence-corrected chi connectivity index (χ3v) is 2.36. The third kappa shape index (κ3) is 1.86. The molecule has 0 spiro atoms. The summed E-state index contributed by atoms with van der Waals surface area (Å²) in [6, 6.07) is 7.58. The molecule has 78 valence electrons. The number of phenolic OH excluding ortho intramolecular Hbond substituents is 1. The van der Waals surface area contributed by atoms with Crippen LogP contribution >= 0.6 is 0 Å². The Bertz CT molecular complexity index is 460. The summed E-state index contributed by atoms with van der Waals surface area (Å²) >= 11 is 0. The van der Waals surface area contributed by atoms with Gasteiger partial charge in [0.2, 0.25) is 0 Å². The second-order valence-corrected chi connectivity index (χ2v) is 3.83. The Morgan fingerprint density at radius 1 is 1.33 bits per heavy atom. The lowest BCUT2D eigenvalue weighted by Crippen LogP contribution is -2.00. The highest BCUT2D eigenvalue weighted by molar-refractivity contribution is 5.60. The van der Waals surface area contributed by atoms with Crippen molar-refractivity contribution in [3.8, 4) is 17.0 Å². The first-order valence-corrected chi connectivity index (χ1v) is 4.99. The Balaban J connectivity index is 2.49. The highest BCUT2D eigenvalue weighted by Gasteiger charge is 2.07. The Labute approximate surface area is 89.0 Å². The normalized spacial score (nSPS) is 10.9. The second kappa shape index (κ2) is 3.77. The lowest BCUT2D eigenvalue weighted by atomic mass is 10.1. The molecule has 2 rings (SSSR count). The van der Waals surface area contributed by atoms with Crippen molar-refractivity contribution >= 4 is 0 Å². The van der Waals surface area contributed by atoms with Crippen molar-refractivity contribution in [2.24, 2.45) is 0 Å². The van der Waals surface area contributed by atoms with Crippen molar-refractivity contribution < 1.29 is 5.11 Å². The van der Waals surface area contributed by atoms with Crippen molar-refractivity contribution in [3.63, 3.8) is 0 Å². The number of hydrogen-bond donors (Lipinski definition) is 1. The van der Waals surface area contributed by atoms with Crippen LogP contribution in [0.3, 0.4) is 0 Å². The fourth-order valence-corrected chi connectivity index (χ4v) is 1.60. The summed E-state index contributed by atoms with van der Waals surface area (Å²) in [5, 5.41) is 9.41. The number of phenols is 1. The number of benzene rings is 1. The minimum absolute atomic E-state index is 0.281. The van der Waals surface area contributed by atoms with Gasteiger partial charge in [0.1, 0.15) is 5.75 Å². The Kier molecular flexibility index (Phi) is 2.46. The third-order valence-electron chi connectivity index (χ3n) is 2.36. The number of nitrogens with zero attached hydrogens (tertiary/aromatic N) is 2. The lowest BCUT2D eigenvalue weighted by molar-refractivity contribution is 0.475. The van der Waals surface area contributed by atoms with Gasteiger partial charge in [-0.1, -0.05) is 12.1 Å². The maximum atomic E-state index is 9.41. The molecule has 0 saturated heterocycles. The molecule has 0 unspecified atom stereocenters. The molecule has 3 heteroatoms. The van der Waals surface area contributed by atoms with E-state index in [1.807, 2.05) is 24.7 Å². The summed E-state index contributed by atoms with van der Waals surface area (Å²) in [7, 11) is 0. The number of aromatic nitrogens is 2. The second-order valence-electron chi connectivity index (χ2n) is 3.83. The van der Waals surface area contributed by atoms with Gasteiger partial charge in [-0.15, -0.1) is 0 Å². The predicted octanol–water partition coefficient (Wildman–Crippen LogP) is 2.84. The van der Waals surface area contributed by atoms with E-state index >= 15 is 0 Å². The summed E-state index contributed by atoms with van der Waals surface area (Å²) in [6.45, 7) is 4.21. The topological polar surface area (TPSA) is 38.0 Å². The minimum atomic E-state index is 0.281. The standard InChI is InChI=1S/C12H14N2O/c1-9(2)14-8-13-7-12(14)10-4-3-5-11(15)6-10/h3-9,15H,1-2H3. The van der Waals surface area contributed by atoms with Crippen LogP contribution in [0.5, 0.6) is 5.75 Å². The highest BCUT2D eigenvalue weighted by atomic mass is 16.3. The molecule has 1 N–H and O–H groups in total. The molecule has 0 atom stereocenters. The molecule has 0 aliphatic heterocycles. The van der Waals surface area contributed by atoms with Crippen LogP contribution in [0.2, 0.25) is 0 Å². The predicted molar refractivity (Wildman–Crippen MR) is 59.7 cm³/mol. The summed E-state index contributed by atoms with van der Waals surface area (Å²) in [5.74, 6) is 0.281. The first-order chi connectivity index (χ1) is 7.18. The average molecular weight is 202 g/mol. The van der Waals surface area contributed by atoms with Gasteiger partial charge in [-0.25, -0.2) is 4.98 Å². The molecule has 0 aliphatic carbocycles. The molecule has 15 heavy (non-hydrogen) atoms. The number of hydrogen-bond acceptors (Lipinski definition) is 2. The summed E-state index contributed by atoms with van der Waals surface area (Å²) < 4.78 is 2.08. The summed E-state index contributed by atoms with van der Waals surface area (Å²) in [6.07, 6.45) is 3.62. The average Bonchev–Trinajstić information content (AvgIpc) is 2.65. The van der Waals surface area contributed by atoms with E-state index < -0.39 is 0 Å². The Hall–Kier alpha value is -1.77. The maximum Gasteiger partial charge on any atom is 0.116 e. The van der Waals surface area contributed by atoms with Crippen LogP contribution in [0.25, 0.3) is 11.3 Å². The van der Waals surface area contributed by atoms with Crippen molar-refractivity contribution in [1.29, 1.82) is 0 Å². The number of aromatic hydroxyl groups is 1. The van der Waals surface area contributed by atoms with Crippen LogP contribution in [0.1, 0.15) is 19.9 Å². The van der Waals surface area contributed by atoms with Gasteiger partial charge >= 0.3 is 0 Å². The SMILES string of the molecule is CC(C)n1cncc1-c1cccc(O)c1. The van der Waals surface area contributed by atoms with Crippen molar-refractivity contribution in [2.45, 2.75) is 19.9 Å².